The highest BCUT2D eigenvalue weighted by molar-refractivity contribution is 6.32. The fourth-order valence-electron chi connectivity index (χ4n) is 2.99. The molecule has 0 radical (unpaired) electrons. The van der Waals surface area contributed by atoms with E-state index in [1.807, 2.05) is 0 Å². The fraction of sp³-hybridized carbons (Fsp3) is 0.538. The van der Waals surface area contributed by atoms with Gasteiger partial charge < -0.3 is 5.73 Å². The van der Waals surface area contributed by atoms with Crippen LogP contribution in [0.3, 0.4) is 0 Å². The van der Waals surface area contributed by atoms with E-state index in [0.29, 0.717) is 18.5 Å². The molecule has 0 spiro atoms. The van der Waals surface area contributed by atoms with Gasteiger partial charge in [-0.3, -0.25) is 4.90 Å². The highest BCUT2D eigenvalue weighted by Crippen LogP contribution is 2.37. The van der Waals surface area contributed by atoms with Crippen molar-refractivity contribution in [1.29, 1.82) is 0 Å². The Morgan fingerprint density at radius 3 is 2.57 bits per heavy atom. The van der Waals surface area contributed by atoms with E-state index < -0.39 is 18.5 Å². The van der Waals surface area contributed by atoms with Gasteiger partial charge in [-0.25, -0.2) is 13.9 Å². The Bertz CT molecular complexity index is 721. The minimum Gasteiger partial charge on any atom is -0.367 e. The second-order valence-corrected chi connectivity index (χ2v) is 5.97. The normalized spacial score (nSPS) is 18.0. The number of rotatable bonds is 2. The Morgan fingerprint density at radius 1 is 1.30 bits per heavy atom. The number of nitrogens with two attached hydrogens (primary N) is 1. The van der Waals surface area contributed by atoms with E-state index in [9.17, 15) is 17.6 Å². The van der Waals surface area contributed by atoms with E-state index in [-0.39, 0.29) is 35.5 Å². The lowest BCUT2D eigenvalue weighted by Crippen LogP contribution is -2.39. The molecule has 0 amide bonds. The van der Waals surface area contributed by atoms with Crippen LogP contribution in [-0.2, 0) is 0 Å². The number of hydrogen-bond acceptors (Lipinski definition) is 4. The first-order valence-corrected chi connectivity index (χ1v) is 7.41. The second-order valence-electron chi connectivity index (χ2n) is 5.59. The molecule has 3 rings (SSSR count). The molecule has 0 atom stereocenters. The summed E-state index contributed by atoms with van der Waals surface area (Å²) in [7, 11) is 0. The van der Waals surface area contributed by atoms with E-state index in [2.05, 4.69) is 10.1 Å². The zero-order chi connectivity index (χ0) is 16.8. The summed E-state index contributed by atoms with van der Waals surface area (Å²) in [6, 6.07) is 0. The molecule has 10 heteroatoms. The van der Waals surface area contributed by atoms with Gasteiger partial charge in [0.1, 0.15) is 10.5 Å². The maximum Gasteiger partial charge on any atom is 0.401 e. The van der Waals surface area contributed by atoms with Gasteiger partial charge in [0, 0.05) is 5.92 Å². The van der Waals surface area contributed by atoms with E-state index in [1.54, 1.807) is 0 Å². The van der Waals surface area contributed by atoms with Crippen molar-refractivity contribution in [2.75, 3.05) is 25.4 Å². The van der Waals surface area contributed by atoms with E-state index in [4.69, 9.17) is 17.3 Å². The maximum absolute atomic E-state index is 14.2. The Morgan fingerprint density at radius 2 is 1.96 bits per heavy atom. The van der Waals surface area contributed by atoms with E-state index in [0.717, 1.165) is 0 Å². The molecule has 0 unspecified atom stereocenters. The topological polar surface area (TPSA) is 59.5 Å². The van der Waals surface area contributed by atoms with Gasteiger partial charge in [0.05, 0.1) is 18.4 Å². The van der Waals surface area contributed by atoms with Crippen LogP contribution in [0.4, 0.5) is 23.5 Å². The van der Waals surface area contributed by atoms with Crippen molar-refractivity contribution in [3.63, 3.8) is 0 Å². The largest absolute Gasteiger partial charge is 0.401 e. The summed E-state index contributed by atoms with van der Waals surface area (Å²) in [5, 5.41) is 3.91. The summed E-state index contributed by atoms with van der Waals surface area (Å²) in [5.74, 6) is -0.849. The predicted octanol–water partition coefficient (Wildman–Crippen LogP) is 2.85. The first-order valence-electron chi connectivity index (χ1n) is 7.03. The van der Waals surface area contributed by atoms with Crippen LogP contribution in [0.15, 0.2) is 6.20 Å². The quantitative estimate of drug-likeness (QED) is 0.845. The van der Waals surface area contributed by atoms with Crippen molar-refractivity contribution in [1.82, 2.24) is 19.5 Å². The fourth-order valence-corrected chi connectivity index (χ4v) is 3.32. The van der Waals surface area contributed by atoms with Crippen molar-refractivity contribution in [3.8, 4) is 0 Å². The number of halogens is 5. The molecule has 1 fully saturated rings. The molecule has 0 saturated carbocycles. The van der Waals surface area contributed by atoms with Crippen LogP contribution in [0.25, 0.3) is 5.52 Å². The molecule has 1 aliphatic heterocycles. The van der Waals surface area contributed by atoms with Gasteiger partial charge in [-0.15, -0.1) is 5.10 Å². The van der Waals surface area contributed by atoms with Crippen LogP contribution in [-0.4, -0.2) is 45.3 Å². The molecular weight excluding hydrogens is 338 g/mol. The third kappa shape index (κ3) is 3.20. The number of nitrogen functional groups attached to an aromatic ring is 1. The van der Waals surface area contributed by atoms with Crippen LogP contribution >= 0.6 is 11.6 Å². The number of alkyl halides is 3. The molecule has 2 aromatic heterocycles. The molecule has 1 aliphatic rings. The van der Waals surface area contributed by atoms with Crippen LogP contribution in [0.1, 0.15) is 24.5 Å². The summed E-state index contributed by atoms with van der Waals surface area (Å²) in [6.45, 7) is -0.419. The number of fused-ring (bicyclic) bond motifs is 1. The van der Waals surface area contributed by atoms with E-state index >= 15 is 0 Å². The smallest absolute Gasteiger partial charge is 0.367 e. The van der Waals surface area contributed by atoms with Crippen molar-refractivity contribution < 1.29 is 17.6 Å². The minimum atomic E-state index is -4.22. The Balaban J connectivity index is 1.85. The molecule has 2 aromatic rings. The second kappa shape index (κ2) is 5.79. The lowest BCUT2D eigenvalue weighted by Gasteiger charge is -2.32. The molecule has 0 bridgehead atoms. The molecule has 0 aromatic carbocycles. The number of aromatic nitrogens is 3. The molecule has 0 aliphatic carbocycles. The minimum absolute atomic E-state index is 0.0278. The molecule has 1 saturated heterocycles. The summed E-state index contributed by atoms with van der Waals surface area (Å²) in [6.07, 6.45) is -2.11. The van der Waals surface area contributed by atoms with Crippen LogP contribution in [0.2, 0.25) is 5.02 Å². The van der Waals surface area contributed by atoms with Crippen LogP contribution in [0.5, 0.6) is 0 Å². The first kappa shape index (κ1) is 16.3. The SMILES string of the molecule is Nc1ncc2c(F)c(Cl)c(C3CCN(CC(F)(F)F)CC3)n2n1. The highest BCUT2D eigenvalue weighted by atomic mass is 35.5. The van der Waals surface area contributed by atoms with Crippen molar-refractivity contribution in [2.24, 2.45) is 0 Å². The van der Waals surface area contributed by atoms with Crippen molar-refractivity contribution in [2.45, 2.75) is 24.9 Å². The average Bonchev–Trinajstić information content (AvgIpc) is 2.70. The summed E-state index contributed by atoms with van der Waals surface area (Å²) in [4.78, 5) is 5.07. The van der Waals surface area contributed by atoms with Gasteiger partial charge in [-0.2, -0.15) is 13.2 Å². The van der Waals surface area contributed by atoms with Crippen molar-refractivity contribution >= 4 is 23.1 Å². The molecule has 2 N–H and O–H groups in total. The molecular formula is C13H14ClF4N5. The monoisotopic (exact) mass is 351 g/mol. The zero-order valence-electron chi connectivity index (χ0n) is 11.9. The number of piperidine rings is 1. The summed E-state index contributed by atoms with van der Waals surface area (Å²) < 4.78 is 52.8. The van der Waals surface area contributed by atoms with Crippen molar-refractivity contribution in [3.05, 3.63) is 22.7 Å². The zero-order valence-corrected chi connectivity index (χ0v) is 12.7. The van der Waals surface area contributed by atoms with Crippen LogP contribution < -0.4 is 5.73 Å². The average molecular weight is 352 g/mol. The highest BCUT2D eigenvalue weighted by Gasteiger charge is 2.34. The lowest BCUT2D eigenvalue weighted by molar-refractivity contribution is -0.148. The van der Waals surface area contributed by atoms with E-state index in [1.165, 1.54) is 15.6 Å². The number of hydrogen-bond donors (Lipinski definition) is 1. The standard InChI is InChI=1S/C13H14ClF4N5/c14-9-10(15)8-5-20-12(19)21-23(8)11(9)7-1-3-22(4-2-7)6-13(16,17)18/h5,7H,1-4,6H2,(H2,19,21). The summed E-state index contributed by atoms with van der Waals surface area (Å²) >= 11 is 6.07. The third-order valence-corrected chi connectivity index (χ3v) is 4.36. The molecule has 126 valence electrons. The molecule has 3 heterocycles. The summed E-state index contributed by atoms with van der Waals surface area (Å²) in [5.41, 5.74) is 6.08. The van der Waals surface area contributed by atoms with Gasteiger partial charge in [0.15, 0.2) is 5.82 Å². The molecule has 23 heavy (non-hydrogen) atoms. The first-order chi connectivity index (χ1) is 10.8. The third-order valence-electron chi connectivity index (χ3n) is 4.00. The number of likely N-dealkylation sites (tertiary alicyclic amines) is 1. The van der Waals surface area contributed by atoms with Gasteiger partial charge in [0.25, 0.3) is 0 Å². The van der Waals surface area contributed by atoms with Gasteiger partial charge in [-0.1, -0.05) is 11.6 Å². The Kier molecular flexibility index (Phi) is 4.09. The number of nitrogens with zero attached hydrogens (tertiary/aromatic N) is 4. The molecule has 5 nitrogen and oxygen atoms in total. The van der Waals surface area contributed by atoms with Gasteiger partial charge >= 0.3 is 6.18 Å². The maximum atomic E-state index is 14.2. The van der Waals surface area contributed by atoms with Gasteiger partial charge in [0.2, 0.25) is 5.95 Å². The lowest BCUT2D eigenvalue weighted by atomic mass is 9.93. The van der Waals surface area contributed by atoms with Crippen LogP contribution in [0, 0.1) is 5.82 Å². The predicted molar refractivity (Wildman–Crippen MR) is 76.8 cm³/mol. The Hall–Kier alpha value is -1.61. The van der Waals surface area contributed by atoms with Gasteiger partial charge in [-0.05, 0) is 25.9 Å². The Labute approximate surface area is 134 Å². The number of anilines is 1.